The van der Waals surface area contributed by atoms with Crippen molar-refractivity contribution >= 4 is 22.4 Å². The number of aliphatic hydroxyl groups is 1. The van der Waals surface area contributed by atoms with E-state index in [0.29, 0.717) is 12.5 Å². The Morgan fingerprint density at radius 2 is 1.79 bits per heavy atom. The molecule has 3 aromatic carbocycles. The Kier molecular flexibility index (Phi) is 5.25. The number of amides is 1. The quantitative estimate of drug-likeness (QED) is 0.612. The van der Waals surface area contributed by atoms with Gasteiger partial charge in [-0.05, 0) is 66.1 Å². The molecule has 5 heteroatoms. The van der Waals surface area contributed by atoms with Crippen LogP contribution in [0.4, 0.5) is 5.69 Å². The number of nitrogens with zero attached hydrogens (tertiary/aromatic N) is 2. The normalized spacial score (nSPS) is 25.8. The van der Waals surface area contributed by atoms with Crippen molar-refractivity contribution in [1.82, 2.24) is 4.90 Å². The third-order valence-corrected chi connectivity index (χ3v) is 8.47. The van der Waals surface area contributed by atoms with Crippen LogP contribution in [0.2, 0.25) is 0 Å². The van der Waals surface area contributed by atoms with Gasteiger partial charge in [-0.25, -0.2) is 0 Å². The van der Waals surface area contributed by atoms with E-state index in [1.54, 1.807) is 0 Å². The largest absolute Gasteiger partial charge is 0.392 e. The Bertz CT molecular complexity index is 1240. The fraction of sp³-hybridized carbons (Fsp3) is 0.414. The molecule has 0 aromatic heterocycles. The van der Waals surface area contributed by atoms with Gasteiger partial charge >= 0.3 is 0 Å². The lowest BCUT2D eigenvalue weighted by molar-refractivity contribution is -0.124. The summed E-state index contributed by atoms with van der Waals surface area (Å²) in [4.78, 5) is 18.5. The number of fused-ring (bicyclic) bond motifs is 1. The number of hydrogen-bond acceptors (Lipinski definition) is 4. The van der Waals surface area contributed by atoms with Gasteiger partial charge in [0.05, 0.1) is 11.5 Å². The highest BCUT2D eigenvalue weighted by molar-refractivity contribution is 6.08. The zero-order chi connectivity index (χ0) is 23.4. The number of carbonyl (C=O) groups is 1. The molecule has 0 bridgehead atoms. The molecule has 1 amide bonds. The minimum Gasteiger partial charge on any atom is -0.392 e. The van der Waals surface area contributed by atoms with Crippen LogP contribution < -0.4 is 10.6 Å². The fourth-order valence-electron chi connectivity index (χ4n) is 6.75. The lowest BCUT2D eigenvalue weighted by Crippen LogP contribution is -2.50. The molecule has 3 unspecified atom stereocenters. The first-order valence-corrected chi connectivity index (χ1v) is 12.6. The minimum atomic E-state index is -0.727. The Balaban J connectivity index is 1.23. The molecule has 0 radical (unpaired) electrons. The van der Waals surface area contributed by atoms with Crippen LogP contribution in [0, 0.1) is 0 Å². The number of benzene rings is 3. The summed E-state index contributed by atoms with van der Waals surface area (Å²) < 4.78 is 0. The molecule has 34 heavy (non-hydrogen) atoms. The maximum atomic E-state index is 13.8. The molecule has 5 nitrogen and oxygen atoms in total. The van der Waals surface area contributed by atoms with Crippen molar-refractivity contribution in [3.8, 4) is 0 Å². The molecule has 3 N–H and O–H groups in total. The smallest absolute Gasteiger partial charge is 0.237 e. The van der Waals surface area contributed by atoms with Crippen LogP contribution in [0.1, 0.15) is 48.9 Å². The maximum absolute atomic E-state index is 13.8. The standard InChI is InChI=1S/C29H33N3O2/c1-29(17-22(33)18-30)24-10-2-3-11-25(24)32(28(29)34)21-12-14-31(15-13-21)26-16-20-8-4-6-19-7-5-9-23(26)27(19)20/h2-11,21-22,26,33H,12-18,30H2,1H3. The molecule has 3 aliphatic rings. The highest BCUT2D eigenvalue weighted by Gasteiger charge is 2.50. The van der Waals surface area contributed by atoms with Crippen molar-refractivity contribution in [2.24, 2.45) is 5.73 Å². The summed E-state index contributed by atoms with van der Waals surface area (Å²) >= 11 is 0. The number of hydrogen-bond donors (Lipinski definition) is 2. The SMILES string of the molecule is CC1(CC(O)CN)C(=O)N(C2CCN(C3Cc4cccc5cccc3c45)CC2)c2ccccc21. The molecule has 0 spiro atoms. The number of nitrogens with two attached hydrogens (primary N) is 1. The van der Waals surface area contributed by atoms with Crippen molar-refractivity contribution in [3.05, 3.63) is 77.4 Å². The van der Waals surface area contributed by atoms with Crippen LogP contribution >= 0.6 is 0 Å². The van der Waals surface area contributed by atoms with Crippen molar-refractivity contribution in [2.75, 3.05) is 24.5 Å². The third kappa shape index (κ3) is 3.22. The molecular weight excluding hydrogens is 422 g/mol. The lowest BCUT2D eigenvalue weighted by Gasteiger charge is -2.40. The van der Waals surface area contributed by atoms with Crippen molar-refractivity contribution in [3.63, 3.8) is 0 Å². The highest BCUT2D eigenvalue weighted by atomic mass is 16.3. The van der Waals surface area contributed by atoms with E-state index in [4.69, 9.17) is 5.73 Å². The summed E-state index contributed by atoms with van der Waals surface area (Å²) in [6.07, 6.45) is 2.66. The zero-order valence-electron chi connectivity index (χ0n) is 19.8. The van der Waals surface area contributed by atoms with Gasteiger partial charge in [0.25, 0.3) is 0 Å². The molecule has 3 atom stereocenters. The summed E-state index contributed by atoms with van der Waals surface area (Å²) in [5, 5.41) is 13.1. The van der Waals surface area contributed by atoms with Gasteiger partial charge in [-0.3, -0.25) is 9.69 Å². The van der Waals surface area contributed by atoms with Gasteiger partial charge < -0.3 is 15.7 Å². The van der Waals surface area contributed by atoms with Crippen LogP contribution in [0.25, 0.3) is 10.8 Å². The molecule has 6 rings (SSSR count). The van der Waals surface area contributed by atoms with Gasteiger partial charge in [-0.1, -0.05) is 54.6 Å². The molecule has 2 heterocycles. The highest BCUT2D eigenvalue weighted by Crippen LogP contribution is 2.47. The van der Waals surface area contributed by atoms with E-state index in [0.717, 1.165) is 43.6 Å². The first-order valence-electron chi connectivity index (χ1n) is 12.6. The van der Waals surface area contributed by atoms with Crippen molar-refractivity contribution in [1.29, 1.82) is 0 Å². The fourth-order valence-corrected chi connectivity index (χ4v) is 6.75. The number of anilines is 1. The summed E-state index contributed by atoms with van der Waals surface area (Å²) in [6.45, 7) is 4.10. The van der Waals surface area contributed by atoms with Gasteiger partial charge in [-0.15, -0.1) is 0 Å². The van der Waals surface area contributed by atoms with Gasteiger partial charge in [0, 0.05) is 37.4 Å². The number of carbonyl (C=O) groups excluding carboxylic acids is 1. The number of piperidine rings is 1. The Labute approximate surface area is 201 Å². The average molecular weight is 456 g/mol. The number of aliphatic hydroxyl groups excluding tert-OH is 1. The minimum absolute atomic E-state index is 0.109. The maximum Gasteiger partial charge on any atom is 0.237 e. The van der Waals surface area contributed by atoms with Gasteiger partial charge in [0.2, 0.25) is 5.91 Å². The zero-order valence-corrected chi connectivity index (χ0v) is 19.8. The third-order valence-electron chi connectivity index (χ3n) is 8.47. The average Bonchev–Trinajstić information content (AvgIpc) is 3.34. The second-order valence-corrected chi connectivity index (χ2v) is 10.5. The van der Waals surface area contributed by atoms with Crippen LogP contribution in [0.15, 0.2) is 60.7 Å². The number of para-hydroxylation sites is 1. The van der Waals surface area contributed by atoms with E-state index in [-0.39, 0.29) is 18.5 Å². The second-order valence-electron chi connectivity index (χ2n) is 10.5. The monoisotopic (exact) mass is 455 g/mol. The Morgan fingerprint density at radius 1 is 1.06 bits per heavy atom. The van der Waals surface area contributed by atoms with Crippen LogP contribution in [-0.4, -0.2) is 47.7 Å². The predicted molar refractivity (Wildman–Crippen MR) is 136 cm³/mol. The Hall–Kier alpha value is -2.73. The van der Waals surface area contributed by atoms with Gasteiger partial charge in [0.1, 0.15) is 0 Å². The molecule has 3 aromatic rings. The Morgan fingerprint density at radius 3 is 2.56 bits per heavy atom. The summed E-state index contributed by atoms with van der Waals surface area (Å²) in [5.74, 6) is 0.109. The van der Waals surface area contributed by atoms with Crippen molar-refractivity contribution < 1.29 is 9.90 Å². The van der Waals surface area contributed by atoms with E-state index in [1.165, 1.54) is 21.9 Å². The first kappa shape index (κ1) is 21.8. The summed E-state index contributed by atoms with van der Waals surface area (Å²) in [6, 6.07) is 22.1. The van der Waals surface area contributed by atoms with Crippen molar-refractivity contribution in [2.45, 2.75) is 56.2 Å². The van der Waals surface area contributed by atoms with E-state index in [9.17, 15) is 9.90 Å². The van der Waals surface area contributed by atoms with Crippen LogP contribution in [0.3, 0.4) is 0 Å². The van der Waals surface area contributed by atoms with Gasteiger partial charge in [0.15, 0.2) is 0 Å². The second kappa shape index (κ2) is 8.19. The van der Waals surface area contributed by atoms with Crippen LogP contribution in [-0.2, 0) is 16.6 Å². The van der Waals surface area contributed by atoms with E-state index < -0.39 is 11.5 Å². The molecule has 1 aliphatic carbocycles. The summed E-state index contributed by atoms with van der Waals surface area (Å²) in [7, 11) is 0. The van der Waals surface area contributed by atoms with E-state index >= 15 is 0 Å². The number of rotatable bonds is 5. The molecule has 2 aliphatic heterocycles. The topological polar surface area (TPSA) is 69.8 Å². The van der Waals surface area contributed by atoms with Crippen LogP contribution in [0.5, 0.6) is 0 Å². The van der Waals surface area contributed by atoms with E-state index in [1.807, 2.05) is 30.0 Å². The molecule has 1 fully saturated rings. The van der Waals surface area contributed by atoms with E-state index in [2.05, 4.69) is 47.4 Å². The molecular formula is C29H33N3O2. The molecule has 1 saturated heterocycles. The lowest BCUT2D eigenvalue weighted by atomic mass is 9.79. The number of likely N-dealkylation sites (tertiary alicyclic amines) is 1. The molecule has 0 saturated carbocycles. The predicted octanol–water partition coefficient (Wildman–Crippen LogP) is 3.92. The summed E-state index contributed by atoms with van der Waals surface area (Å²) in [5.41, 5.74) is 9.92. The van der Waals surface area contributed by atoms with Gasteiger partial charge in [-0.2, -0.15) is 0 Å². The molecule has 176 valence electrons. The first-order chi connectivity index (χ1) is 16.5.